The first kappa shape index (κ1) is 17.3. The Morgan fingerprint density at radius 2 is 1.88 bits per heavy atom. The van der Waals surface area contributed by atoms with E-state index in [4.69, 9.17) is 0 Å². The van der Waals surface area contributed by atoms with E-state index in [0.29, 0.717) is 22.6 Å². The number of alkyl halides is 3. The van der Waals surface area contributed by atoms with Gasteiger partial charge in [0.1, 0.15) is 0 Å². The highest BCUT2D eigenvalue weighted by Gasteiger charge is 2.29. The molecule has 0 bridgehead atoms. The molecule has 1 aliphatic rings. The Balaban J connectivity index is 1.65. The largest absolute Gasteiger partial charge is 0.416 e. The van der Waals surface area contributed by atoms with E-state index in [-0.39, 0.29) is 18.4 Å². The van der Waals surface area contributed by atoms with Gasteiger partial charge in [0, 0.05) is 17.0 Å². The fourth-order valence-electron chi connectivity index (χ4n) is 2.32. The second-order valence-corrected chi connectivity index (χ2v) is 6.44. The summed E-state index contributed by atoms with van der Waals surface area (Å²) >= 11 is 1.40. The molecule has 0 spiro atoms. The summed E-state index contributed by atoms with van der Waals surface area (Å²) in [4.78, 5) is 24.5. The second kappa shape index (κ2) is 6.79. The molecule has 1 heterocycles. The summed E-state index contributed by atoms with van der Waals surface area (Å²) in [6.07, 6.45) is -4.38. The number of rotatable bonds is 3. The first-order valence-electron chi connectivity index (χ1n) is 7.34. The number of carbonyl (C=O) groups excluding carboxylic acids is 2. The van der Waals surface area contributed by atoms with Gasteiger partial charge in [0.2, 0.25) is 5.91 Å². The predicted octanol–water partition coefficient (Wildman–Crippen LogP) is 3.68. The van der Waals surface area contributed by atoms with Gasteiger partial charge in [-0.3, -0.25) is 9.59 Å². The van der Waals surface area contributed by atoms with Gasteiger partial charge in [0.05, 0.1) is 17.0 Å². The maximum absolute atomic E-state index is 12.5. The molecule has 0 fully saturated rings. The van der Waals surface area contributed by atoms with Crippen LogP contribution in [-0.2, 0) is 17.5 Å². The number of benzene rings is 2. The van der Waals surface area contributed by atoms with Gasteiger partial charge in [0.15, 0.2) is 0 Å². The molecule has 0 aliphatic carbocycles. The molecule has 1 aliphatic heterocycles. The zero-order valence-corrected chi connectivity index (χ0v) is 13.6. The van der Waals surface area contributed by atoms with Gasteiger partial charge in [-0.05, 0) is 35.9 Å². The van der Waals surface area contributed by atoms with Crippen LogP contribution in [0.25, 0.3) is 0 Å². The number of anilines is 1. The number of fused-ring (bicyclic) bond motifs is 1. The summed E-state index contributed by atoms with van der Waals surface area (Å²) in [5, 5.41) is 5.35. The first-order valence-corrected chi connectivity index (χ1v) is 8.32. The fraction of sp³-hybridized carbons (Fsp3) is 0.176. The number of thioether (sulfide) groups is 1. The van der Waals surface area contributed by atoms with Crippen molar-refractivity contribution in [2.24, 2.45) is 0 Å². The Bertz CT molecular complexity index is 820. The summed E-state index contributed by atoms with van der Waals surface area (Å²) in [6, 6.07) is 9.60. The molecular formula is C17H13F3N2O2S. The highest BCUT2D eigenvalue weighted by Crippen LogP contribution is 2.32. The van der Waals surface area contributed by atoms with E-state index in [1.807, 2.05) is 0 Å². The Kier molecular flexibility index (Phi) is 4.71. The van der Waals surface area contributed by atoms with Gasteiger partial charge in [-0.2, -0.15) is 13.2 Å². The lowest BCUT2D eigenvalue weighted by atomic mass is 10.1. The Morgan fingerprint density at radius 3 is 2.56 bits per heavy atom. The van der Waals surface area contributed by atoms with Crippen LogP contribution in [0.5, 0.6) is 0 Å². The van der Waals surface area contributed by atoms with Crippen LogP contribution in [0.4, 0.5) is 18.9 Å². The van der Waals surface area contributed by atoms with Crippen molar-refractivity contribution in [3.05, 3.63) is 59.2 Å². The Hall–Kier alpha value is -2.48. The molecule has 2 N–H and O–H groups in total. The Labute approximate surface area is 145 Å². The number of halogens is 3. The number of nitrogens with one attached hydrogen (secondary N) is 2. The number of hydrogen-bond donors (Lipinski definition) is 2. The minimum atomic E-state index is -4.38. The first-order chi connectivity index (χ1) is 11.8. The topological polar surface area (TPSA) is 58.2 Å². The number of amides is 2. The second-order valence-electron chi connectivity index (χ2n) is 5.43. The van der Waals surface area contributed by atoms with Crippen LogP contribution < -0.4 is 10.6 Å². The van der Waals surface area contributed by atoms with Crippen molar-refractivity contribution in [1.82, 2.24) is 5.32 Å². The molecule has 0 aromatic heterocycles. The molecule has 0 saturated carbocycles. The molecule has 0 unspecified atom stereocenters. The molecule has 2 aromatic rings. The number of hydrogen-bond acceptors (Lipinski definition) is 3. The van der Waals surface area contributed by atoms with E-state index in [0.717, 1.165) is 17.0 Å². The van der Waals surface area contributed by atoms with Crippen molar-refractivity contribution in [3.8, 4) is 0 Å². The van der Waals surface area contributed by atoms with Crippen LogP contribution in [0.2, 0.25) is 0 Å². The molecule has 0 atom stereocenters. The highest BCUT2D eigenvalue weighted by molar-refractivity contribution is 8.00. The minimum Gasteiger partial charge on any atom is -0.348 e. The maximum Gasteiger partial charge on any atom is 0.416 e. The lowest BCUT2D eigenvalue weighted by Gasteiger charge is -2.17. The van der Waals surface area contributed by atoms with Crippen molar-refractivity contribution >= 4 is 29.3 Å². The molecule has 0 radical (unpaired) electrons. The summed E-state index contributed by atoms with van der Waals surface area (Å²) in [5.41, 5.74) is 0.783. The zero-order valence-electron chi connectivity index (χ0n) is 12.8. The average molecular weight is 366 g/mol. The minimum absolute atomic E-state index is 0.106. The normalized spacial score (nSPS) is 13.8. The lowest BCUT2D eigenvalue weighted by Crippen LogP contribution is -2.24. The van der Waals surface area contributed by atoms with Gasteiger partial charge in [-0.25, -0.2) is 0 Å². The zero-order chi connectivity index (χ0) is 18.0. The lowest BCUT2D eigenvalue weighted by molar-refractivity contribution is -0.137. The number of carbonyl (C=O) groups is 2. The molecule has 3 rings (SSSR count). The molecule has 130 valence electrons. The smallest absolute Gasteiger partial charge is 0.348 e. The van der Waals surface area contributed by atoms with E-state index in [2.05, 4.69) is 10.6 Å². The quantitative estimate of drug-likeness (QED) is 0.871. The predicted molar refractivity (Wildman–Crippen MR) is 88.4 cm³/mol. The van der Waals surface area contributed by atoms with Crippen molar-refractivity contribution in [1.29, 1.82) is 0 Å². The molecule has 2 aromatic carbocycles. The molecular weight excluding hydrogens is 353 g/mol. The molecule has 25 heavy (non-hydrogen) atoms. The molecule has 8 heteroatoms. The van der Waals surface area contributed by atoms with E-state index in [1.165, 1.54) is 23.9 Å². The third-order valence-corrected chi connectivity index (χ3v) is 4.68. The standard InChI is InChI=1S/C17H13F3N2O2S/c18-17(19,20)12-4-1-10(2-5-12)8-21-16(24)11-3-6-14-13(7-11)22-15(23)9-25-14/h1-7H,8-9H2,(H,21,24)(H,22,23). The van der Waals surface area contributed by atoms with E-state index in [1.54, 1.807) is 18.2 Å². The van der Waals surface area contributed by atoms with Crippen LogP contribution in [0.1, 0.15) is 21.5 Å². The highest BCUT2D eigenvalue weighted by atomic mass is 32.2. The van der Waals surface area contributed by atoms with Gasteiger partial charge >= 0.3 is 6.18 Å². The monoisotopic (exact) mass is 366 g/mol. The van der Waals surface area contributed by atoms with Crippen molar-refractivity contribution in [2.75, 3.05) is 11.1 Å². The van der Waals surface area contributed by atoms with E-state index < -0.39 is 11.7 Å². The van der Waals surface area contributed by atoms with Crippen LogP contribution in [0.3, 0.4) is 0 Å². The van der Waals surface area contributed by atoms with Crippen LogP contribution >= 0.6 is 11.8 Å². The SMILES string of the molecule is O=C1CSc2ccc(C(=O)NCc3ccc(C(F)(F)F)cc3)cc2N1. The summed E-state index contributed by atoms with van der Waals surface area (Å²) in [5.74, 6) is -0.153. The van der Waals surface area contributed by atoms with Crippen LogP contribution in [0.15, 0.2) is 47.4 Å². The van der Waals surface area contributed by atoms with Gasteiger partial charge in [-0.1, -0.05) is 12.1 Å². The third-order valence-electron chi connectivity index (χ3n) is 3.61. The van der Waals surface area contributed by atoms with Crippen molar-refractivity contribution in [2.45, 2.75) is 17.6 Å². The van der Waals surface area contributed by atoms with E-state index in [9.17, 15) is 22.8 Å². The van der Waals surface area contributed by atoms with Crippen LogP contribution in [0, 0.1) is 0 Å². The van der Waals surface area contributed by atoms with E-state index >= 15 is 0 Å². The summed E-state index contributed by atoms with van der Waals surface area (Å²) in [6.45, 7) is 0.106. The maximum atomic E-state index is 12.5. The molecule has 2 amide bonds. The summed E-state index contributed by atoms with van der Waals surface area (Å²) < 4.78 is 37.6. The fourth-order valence-corrected chi connectivity index (χ4v) is 3.11. The van der Waals surface area contributed by atoms with Gasteiger partial charge in [0.25, 0.3) is 5.91 Å². The van der Waals surface area contributed by atoms with Crippen molar-refractivity contribution in [3.63, 3.8) is 0 Å². The molecule has 4 nitrogen and oxygen atoms in total. The van der Waals surface area contributed by atoms with Gasteiger partial charge in [-0.15, -0.1) is 11.8 Å². The summed E-state index contributed by atoms with van der Waals surface area (Å²) in [7, 11) is 0. The Morgan fingerprint density at radius 1 is 1.16 bits per heavy atom. The van der Waals surface area contributed by atoms with Crippen molar-refractivity contribution < 1.29 is 22.8 Å². The van der Waals surface area contributed by atoms with Gasteiger partial charge < -0.3 is 10.6 Å². The van der Waals surface area contributed by atoms with Crippen LogP contribution in [-0.4, -0.2) is 17.6 Å². The third kappa shape index (κ3) is 4.14. The molecule has 0 saturated heterocycles. The average Bonchev–Trinajstić information content (AvgIpc) is 2.58.